The summed E-state index contributed by atoms with van der Waals surface area (Å²) in [4.78, 5) is 23.9. The number of imide groups is 1. The molecule has 82 valence electrons. The van der Waals surface area contributed by atoms with Crippen molar-refractivity contribution in [3.05, 3.63) is 36.1 Å². The average Bonchev–Trinajstić information content (AvgIpc) is 2.59. The first-order valence-electron chi connectivity index (χ1n) is 4.49. The van der Waals surface area contributed by atoms with E-state index < -0.39 is 22.1 Å². The molecule has 0 aromatic rings. The number of hydrogen-bond acceptors (Lipinski definition) is 4. The van der Waals surface area contributed by atoms with Crippen molar-refractivity contribution in [2.45, 2.75) is 6.42 Å². The van der Waals surface area contributed by atoms with Gasteiger partial charge in [-0.15, -0.1) is 0 Å². The first-order chi connectivity index (χ1) is 7.59. The zero-order chi connectivity index (χ0) is 11.7. The summed E-state index contributed by atoms with van der Waals surface area (Å²) in [6.45, 7) is 0. The highest BCUT2D eigenvalue weighted by molar-refractivity contribution is 7.73. The van der Waals surface area contributed by atoms with E-state index in [9.17, 15) is 18.0 Å². The highest BCUT2D eigenvalue weighted by Gasteiger charge is 2.26. The van der Waals surface area contributed by atoms with Crippen LogP contribution in [0.25, 0.3) is 0 Å². The highest BCUT2D eigenvalue weighted by atomic mass is 32.2. The van der Waals surface area contributed by atoms with E-state index in [0.29, 0.717) is 5.70 Å². The second-order valence-electron chi connectivity index (χ2n) is 3.21. The second-order valence-corrected chi connectivity index (χ2v) is 4.21. The summed E-state index contributed by atoms with van der Waals surface area (Å²) in [5.74, 6) is -0.819. The molecule has 16 heavy (non-hydrogen) atoms. The lowest BCUT2D eigenvalue weighted by Crippen LogP contribution is -2.29. The van der Waals surface area contributed by atoms with Crippen molar-refractivity contribution >= 4 is 27.0 Å². The molecular weight excluding hydrogens is 230 g/mol. The molecule has 5 nitrogen and oxygen atoms in total. The Balaban J connectivity index is 2.28. The van der Waals surface area contributed by atoms with Gasteiger partial charge in [0.05, 0.1) is 4.86 Å². The van der Waals surface area contributed by atoms with Crippen LogP contribution in [0.4, 0.5) is 0 Å². The maximum Gasteiger partial charge on any atom is 0.258 e. The number of carbonyl (C=O) groups is 2. The summed E-state index contributed by atoms with van der Waals surface area (Å²) in [6.07, 6.45) is 6.92. The van der Waals surface area contributed by atoms with Gasteiger partial charge in [-0.25, -0.2) is 4.90 Å². The summed E-state index contributed by atoms with van der Waals surface area (Å²) in [5, 5.41) is 0. The SMILES string of the molecule is O=C1C=CC(=O)N1C1=CCC(=S(=O)=O)C=C1. The Morgan fingerprint density at radius 1 is 1.00 bits per heavy atom. The van der Waals surface area contributed by atoms with Crippen molar-refractivity contribution in [3.63, 3.8) is 0 Å². The lowest BCUT2D eigenvalue weighted by molar-refractivity contribution is -0.134. The lowest BCUT2D eigenvalue weighted by Gasteiger charge is -2.16. The molecule has 0 aromatic carbocycles. The smallest absolute Gasteiger partial charge is 0.258 e. The predicted molar refractivity (Wildman–Crippen MR) is 56.8 cm³/mol. The summed E-state index contributed by atoms with van der Waals surface area (Å²) < 4.78 is 21.3. The molecule has 0 saturated heterocycles. The van der Waals surface area contributed by atoms with E-state index in [2.05, 4.69) is 0 Å². The van der Waals surface area contributed by atoms with Gasteiger partial charge in [-0.05, 0) is 12.2 Å². The van der Waals surface area contributed by atoms with Crippen molar-refractivity contribution in [1.29, 1.82) is 0 Å². The molecule has 0 atom stereocenters. The molecule has 1 aliphatic heterocycles. The average molecular weight is 237 g/mol. The van der Waals surface area contributed by atoms with Gasteiger partial charge in [0, 0.05) is 24.3 Å². The molecule has 1 heterocycles. The van der Waals surface area contributed by atoms with Crippen molar-refractivity contribution in [2.24, 2.45) is 0 Å². The molecule has 6 heteroatoms. The van der Waals surface area contributed by atoms with Crippen LogP contribution < -0.4 is 0 Å². The third-order valence-electron chi connectivity index (χ3n) is 2.23. The van der Waals surface area contributed by atoms with E-state index >= 15 is 0 Å². The minimum absolute atomic E-state index is 0.193. The van der Waals surface area contributed by atoms with Gasteiger partial charge in [0.15, 0.2) is 0 Å². The van der Waals surface area contributed by atoms with Crippen LogP contribution in [0.2, 0.25) is 0 Å². The van der Waals surface area contributed by atoms with Crippen LogP contribution in [0.15, 0.2) is 36.1 Å². The van der Waals surface area contributed by atoms with E-state index in [4.69, 9.17) is 0 Å². The van der Waals surface area contributed by atoms with Crippen LogP contribution in [0, 0.1) is 0 Å². The molecule has 2 amide bonds. The van der Waals surface area contributed by atoms with Gasteiger partial charge < -0.3 is 0 Å². The topological polar surface area (TPSA) is 71.5 Å². The zero-order valence-electron chi connectivity index (χ0n) is 8.08. The van der Waals surface area contributed by atoms with Gasteiger partial charge in [0.1, 0.15) is 0 Å². The van der Waals surface area contributed by atoms with Gasteiger partial charge in [0.2, 0.25) is 10.3 Å². The summed E-state index contributed by atoms with van der Waals surface area (Å²) in [6, 6.07) is 0. The second kappa shape index (κ2) is 3.90. The minimum Gasteiger partial charge on any atom is -0.269 e. The molecule has 0 bridgehead atoms. The van der Waals surface area contributed by atoms with Gasteiger partial charge in [-0.3, -0.25) is 9.59 Å². The predicted octanol–water partition coefficient (Wildman–Crippen LogP) is -0.193. The monoisotopic (exact) mass is 237 g/mol. The Morgan fingerprint density at radius 3 is 2.06 bits per heavy atom. The number of rotatable bonds is 1. The van der Waals surface area contributed by atoms with Crippen LogP contribution >= 0.6 is 0 Å². The molecule has 2 aliphatic rings. The first-order valence-corrected chi connectivity index (χ1v) is 5.56. The first kappa shape index (κ1) is 10.6. The maximum absolute atomic E-state index is 11.3. The van der Waals surface area contributed by atoms with E-state index in [1.54, 1.807) is 0 Å². The van der Waals surface area contributed by atoms with Gasteiger partial charge in [-0.1, -0.05) is 6.08 Å². The molecule has 0 radical (unpaired) electrons. The molecule has 0 unspecified atom stereocenters. The van der Waals surface area contributed by atoms with E-state index in [1.807, 2.05) is 0 Å². The summed E-state index contributed by atoms with van der Waals surface area (Å²) in [7, 11) is -2.25. The quantitative estimate of drug-likeness (QED) is 0.468. The molecule has 2 rings (SSSR count). The Kier molecular flexibility index (Phi) is 2.57. The fourth-order valence-corrected chi connectivity index (χ4v) is 1.86. The number of carbonyl (C=O) groups excluding carboxylic acids is 2. The molecule has 0 fully saturated rings. The molecular formula is C10H7NO4S. The van der Waals surface area contributed by atoms with Crippen LogP contribution in [0.3, 0.4) is 0 Å². The van der Waals surface area contributed by atoms with Crippen molar-refractivity contribution < 1.29 is 18.0 Å². The Morgan fingerprint density at radius 2 is 1.62 bits per heavy atom. The summed E-state index contributed by atoms with van der Waals surface area (Å²) >= 11 is 0. The van der Waals surface area contributed by atoms with Crippen molar-refractivity contribution in [1.82, 2.24) is 4.90 Å². The third-order valence-corrected chi connectivity index (χ3v) is 2.96. The van der Waals surface area contributed by atoms with Crippen molar-refractivity contribution in [2.75, 3.05) is 0 Å². The third kappa shape index (κ3) is 1.74. The molecule has 1 aliphatic carbocycles. The zero-order valence-corrected chi connectivity index (χ0v) is 8.90. The standard InChI is InChI=1S/C10H7NO4S/c12-9-5-6-10(13)11(9)7-1-3-8(4-2-7)16(14)15/h1-3,5-6H,4H2. The van der Waals surface area contributed by atoms with Gasteiger partial charge in [0.25, 0.3) is 11.8 Å². The van der Waals surface area contributed by atoms with E-state index in [0.717, 1.165) is 4.90 Å². The van der Waals surface area contributed by atoms with Crippen LogP contribution in [-0.2, 0) is 19.9 Å². The van der Waals surface area contributed by atoms with E-state index in [1.165, 1.54) is 30.4 Å². The molecule has 0 N–H and O–H groups in total. The van der Waals surface area contributed by atoms with Gasteiger partial charge >= 0.3 is 0 Å². The Bertz CT molecular complexity index is 566. The molecule has 0 saturated carbocycles. The molecule has 0 spiro atoms. The van der Waals surface area contributed by atoms with Crippen LogP contribution in [0.5, 0.6) is 0 Å². The maximum atomic E-state index is 11.3. The van der Waals surface area contributed by atoms with Crippen molar-refractivity contribution in [3.8, 4) is 0 Å². The minimum atomic E-state index is -2.25. The fraction of sp³-hybridized carbons (Fsp3) is 0.100. The number of allylic oxidation sites excluding steroid dienone is 3. The molecule has 0 aromatic heterocycles. The summed E-state index contributed by atoms with van der Waals surface area (Å²) in [5.41, 5.74) is 0.411. The number of hydrogen-bond donors (Lipinski definition) is 0. The lowest BCUT2D eigenvalue weighted by atomic mass is 10.1. The largest absolute Gasteiger partial charge is 0.269 e. The normalized spacial score (nSPS) is 19.4. The highest BCUT2D eigenvalue weighted by Crippen LogP contribution is 2.17. The number of nitrogens with zero attached hydrogens (tertiary/aromatic N) is 1. The Labute approximate surface area is 92.9 Å². The van der Waals surface area contributed by atoms with Gasteiger partial charge in [-0.2, -0.15) is 8.42 Å². The Hall–Kier alpha value is -1.95. The fourth-order valence-electron chi connectivity index (χ4n) is 1.46. The van der Waals surface area contributed by atoms with E-state index in [-0.39, 0.29) is 11.3 Å². The van der Waals surface area contributed by atoms with Crippen LogP contribution in [0.1, 0.15) is 6.42 Å². The number of amides is 2. The van der Waals surface area contributed by atoms with Crippen LogP contribution in [-0.4, -0.2) is 30.0 Å².